The van der Waals surface area contributed by atoms with Gasteiger partial charge >= 0.3 is 0 Å². The van der Waals surface area contributed by atoms with Crippen LogP contribution >= 0.6 is 0 Å². The highest BCUT2D eigenvalue weighted by Crippen LogP contribution is 2.23. The van der Waals surface area contributed by atoms with E-state index in [-0.39, 0.29) is 5.82 Å². The molecule has 0 amide bonds. The quantitative estimate of drug-likeness (QED) is 0.561. The lowest BCUT2D eigenvalue weighted by molar-refractivity contribution is 0.143. The third-order valence-corrected chi connectivity index (χ3v) is 2.63. The molecule has 3 heterocycles. The first kappa shape index (κ1) is 13.1. The summed E-state index contributed by atoms with van der Waals surface area (Å²) in [6.07, 6.45) is 1.60. The normalized spacial score (nSPS) is 11.4. The van der Waals surface area contributed by atoms with E-state index in [2.05, 4.69) is 41.7 Å². The van der Waals surface area contributed by atoms with Crippen LogP contribution in [-0.4, -0.2) is 36.0 Å². The van der Waals surface area contributed by atoms with E-state index in [0.29, 0.717) is 22.7 Å². The van der Waals surface area contributed by atoms with E-state index in [1.165, 1.54) is 0 Å². The Morgan fingerprint density at radius 2 is 2.19 bits per heavy atom. The highest BCUT2D eigenvalue weighted by atomic mass is 16.6. The summed E-state index contributed by atoms with van der Waals surface area (Å²) in [6.45, 7) is 3.19. The Balaban J connectivity index is 2.14. The minimum atomic E-state index is -1.11. The highest BCUT2D eigenvalue weighted by molar-refractivity contribution is 5.83. The van der Waals surface area contributed by atoms with E-state index >= 15 is 0 Å². The molecular formula is C13H12N6O2. The number of nitrogens with two attached hydrogens (primary N) is 1. The molecule has 0 aromatic carbocycles. The lowest BCUT2D eigenvalue weighted by atomic mass is 10.1. The Kier molecular flexibility index (Phi) is 2.85. The van der Waals surface area contributed by atoms with Crippen LogP contribution in [0.1, 0.15) is 19.5 Å². The fourth-order valence-electron chi connectivity index (χ4n) is 1.71. The number of aromatic nitrogens is 5. The van der Waals surface area contributed by atoms with Gasteiger partial charge < -0.3 is 15.8 Å². The second-order valence-electron chi connectivity index (χ2n) is 4.95. The van der Waals surface area contributed by atoms with E-state index in [1.54, 1.807) is 26.1 Å². The monoisotopic (exact) mass is 284 g/mol. The average molecular weight is 284 g/mol. The summed E-state index contributed by atoms with van der Waals surface area (Å²) in [5, 5.41) is 16.9. The summed E-state index contributed by atoms with van der Waals surface area (Å²) in [7, 11) is 0. The Labute approximate surface area is 119 Å². The van der Waals surface area contributed by atoms with Crippen LogP contribution in [0.2, 0.25) is 0 Å². The first-order chi connectivity index (χ1) is 9.94. The molecule has 0 aliphatic carbocycles. The Hall–Kier alpha value is -2.92. The molecule has 0 saturated carbocycles. The number of hydrogen-bond acceptors (Lipinski definition) is 7. The van der Waals surface area contributed by atoms with Crippen molar-refractivity contribution in [2.45, 2.75) is 19.4 Å². The lowest BCUT2D eigenvalue weighted by Gasteiger charge is -2.05. The van der Waals surface area contributed by atoms with Crippen LogP contribution in [0.5, 0.6) is 0 Å². The molecule has 0 bridgehead atoms. The summed E-state index contributed by atoms with van der Waals surface area (Å²) < 4.78 is 4.56. The molecule has 0 radical (unpaired) electrons. The molecule has 0 fully saturated rings. The van der Waals surface area contributed by atoms with Gasteiger partial charge in [-0.2, -0.15) is 0 Å². The minimum Gasteiger partial charge on any atom is -0.379 e. The van der Waals surface area contributed by atoms with Gasteiger partial charge in [0, 0.05) is 6.20 Å². The maximum atomic E-state index is 9.67. The van der Waals surface area contributed by atoms with E-state index in [0.717, 1.165) is 5.52 Å². The van der Waals surface area contributed by atoms with Crippen molar-refractivity contribution < 1.29 is 9.74 Å². The van der Waals surface area contributed by atoms with Crippen molar-refractivity contribution in [3.8, 4) is 23.4 Å². The number of anilines is 1. The van der Waals surface area contributed by atoms with Crippen molar-refractivity contribution in [3.05, 3.63) is 18.0 Å². The molecule has 0 unspecified atom stereocenters. The number of aromatic amines is 1. The molecule has 106 valence electrons. The number of nitrogen functional groups attached to an aromatic ring is 1. The van der Waals surface area contributed by atoms with Crippen molar-refractivity contribution in [2.24, 2.45) is 0 Å². The predicted molar refractivity (Wildman–Crippen MR) is 74.8 cm³/mol. The van der Waals surface area contributed by atoms with Crippen molar-refractivity contribution in [2.75, 3.05) is 5.73 Å². The highest BCUT2D eigenvalue weighted by Gasteiger charge is 2.15. The van der Waals surface area contributed by atoms with Gasteiger partial charge in [-0.3, -0.25) is 0 Å². The number of nitrogens with one attached hydrogen (secondary N) is 1. The third-order valence-electron chi connectivity index (χ3n) is 2.63. The van der Waals surface area contributed by atoms with Crippen molar-refractivity contribution in [1.29, 1.82) is 0 Å². The zero-order valence-corrected chi connectivity index (χ0v) is 11.4. The van der Waals surface area contributed by atoms with E-state index in [1.807, 2.05) is 0 Å². The zero-order chi connectivity index (χ0) is 15.0. The van der Waals surface area contributed by atoms with Gasteiger partial charge in [0.2, 0.25) is 0 Å². The second-order valence-corrected chi connectivity index (χ2v) is 4.95. The molecule has 0 spiro atoms. The molecule has 3 aromatic rings. The smallest absolute Gasteiger partial charge is 0.199 e. The Bertz CT molecular complexity index is 862. The molecule has 21 heavy (non-hydrogen) atoms. The van der Waals surface area contributed by atoms with Crippen LogP contribution in [0, 0.1) is 11.8 Å². The molecule has 8 heteroatoms. The van der Waals surface area contributed by atoms with Crippen LogP contribution < -0.4 is 5.73 Å². The van der Waals surface area contributed by atoms with Gasteiger partial charge in [0.05, 0.1) is 5.52 Å². The number of fused-ring (bicyclic) bond motifs is 1. The van der Waals surface area contributed by atoms with Gasteiger partial charge in [0.25, 0.3) is 0 Å². The largest absolute Gasteiger partial charge is 0.379 e. The molecule has 8 nitrogen and oxygen atoms in total. The molecule has 3 rings (SSSR count). The topological polar surface area (TPSA) is 127 Å². The standard InChI is InChI=1S/C13H12N6O2/c1-13(2,20)5-3-7-9-8(4-6-15-7)16-12(17-9)10-11(14)19-21-18-10/h4,6,20H,1-2H3,(H2,14,19)(H,16,17). The third kappa shape index (κ3) is 2.54. The summed E-state index contributed by atoms with van der Waals surface area (Å²) in [6, 6.07) is 1.75. The van der Waals surface area contributed by atoms with Crippen molar-refractivity contribution >= 4 is 16.9 Å². The molecule has 4 N–H and O–H groups in total. The minimum absolute atomic E-state index is 0.145. The molecule has 0 atom stereocenters. The van der Waals surface area contributed by atoms with Crippen LogP contribution in [0.15, 0.2) is 16.9 Å². The van der Waals surface area contributed by atoms with Crippen molar-refractivity contribution in [3.63, 3.8) is 0 Å². The number of hydrogen-bond donors (Lipinski definition) is 3. The summed E-state index contributed by atoms with van der Waals surface area (Å²) in [5.74, 6) is 6.08. The van der Waals surface area contributed by atoms with Crippen LogP contribution in [-0.2, 0) is 0 Å². The first-order valence-corrected chi connectivity index (χ1v) is 6.13. The Morgan fingerprint density at radius 1 is 1.38 bits per heavy atom. The SMILES string of the molecule is CC(C)(O)C#Cc1nccc2[nH]c(-c3nonc3N)nc12. The number of pyridine rings is 1. The van der Waals surface area contributed by atoms with Gasteiger partial charge in [0.15, 0.2) is 17.3 Å². The number of rotatable bonds is 1. The number of imidazole rings is 1. The molecule has 0 aliphatic rings. The maximum Gasteiger partial charge on any atom is 0.199 e. The predicted octanol–water partition coefficient (Wildman–Crippen LogP) is 0.712. The van der Waals surface area contributed by atoms with E-state index in [9.17, 15) is 5.11 Å². The molecule has 3 aromatic heterocycles. The van der Waals surface area contributed by atoms with Gasteiger partial charge in [-0.05, 0) is 36.1 Å². The Morgan fingerprint density at radius 3 is 2.86 bits per heavy atom. The summed E-state index contributed by atoms with van der Waals surface area (Å²) in [4.78, 5) is 11.6. The maximum absolute atomic E-state index is 9.67. The lowest BCUT2D eigenvalue weighted by Crippen LogP contribution is -2.14. The fourth-order valence-corrected chi connectivity index (χ4v) is 1.71. The van der Waals surface area contributed by atoms with E-state index in [4.69, 9.17) is 5.73 Å². The van der Waals surface area contributed by atoms with Gasteiger partial charge in [-0.1, -0.05) is 5.92 Å². The van der Waals surface area contributed by atoms with E-state index < -0.39 is 5.60 Å². The zero-order valence-electron chi connectivity index (χ0n) is 11.4. The van der Waals surface area contributed by atoms with Gasteiger partial charge in [-0.25, -0.2) is 14.6 Å². The van der Waals surface area contributed by atoms with Crippen LogP contribution in [0.25, 0.3) is 22.6 Å². The number of nitrogens with zero attached hydrogens (tertiary/aromatic N) is 4. The second kappa shape index (κ2) is 4.57. The molecule has 0 saturated heterocycles. The van der Waals surface area contributed by atoms with Crippen molar-refractivity contribution in [1.82, 2.24) is 25.3 Å². The summed E-state index contributed by atoms with van der Waals surface area (Å²) >= 11 is 0. The summed E-state index contributed by atoms with van der Waals surface area (Å²) in [5.41, 5.74) is 6.60. The first-order valence-electron chi connectivity index (χ1n) is 6.13. The van der Waals surface area contributed by atoms with Crippen LogP contribution in [0.4, 0.5) is 5.82 Å². The van der Waals surface area contributed by atoms with Gasteiger partial charge in [-0.15, -0.1) is 0 Å². The number of H-pyrrole nitrogens is 1. The molecular weight excluding hydrogens is 272 g/mol. The molecule has 0 aliphatic heterocycles. The average Bonchev–Trinajstić information content (AvgIpc) is 3.00. The van der Waals surface area contributed by atoms with Crippen LogP contribution in [0.3, 0.4) is 0 Å². The fraction of sp³-hybridized carbons (Fsp3) is 0.231. The van der Waals surface area contributed by atoms with Gasteiger partial charge in [0.1, 0.15) is 16.8 Å². The number of aliphatic hydroxyl groups is 1.